The molecule has 3 nitrogen and oxygen atoms in total. The van der Waals surface area contributed by atoms with E-state index in [9.17, 15) is 9.90 Å². The number of hydrogen-bond donors (Lipinski definition) is 2. The van der Waals surface area contributed by atoms with Crippen molar-refractivity contribution >= 4 is 5.97 Å². The van der Waals surface area contributed by atoms with Gasteiger partial charge in [0.25, 0.3) is 0 Å². The van der Waals surface area contributed by atoms with Gasteiger partial charge >= 0.3 is 5.97 Å². The van der Waals surface area contributed by atoms with Gasteiger partial charge in [-0.3, -0.25) is 4.79 Å². The molecule has 1 unspecified atom stereocenters. The first-order chi connectivity index (χ1) is 10.5. The third-order valence-electron chi connectivity index (χ3n) is 4.35. The summed E-state index contributed by atoms with van der Waals surface area (Å²) in [6.07, 6.45) is 17.3. The topological polar surface area (TPSA) is 57.5 Å². The Morgan fingerprint density at radius 1 is 0.773 bits per heavy atom. The molecule has 0 aromatic carbocycles. The lowest BCUT2D eigenvalue weighted by Gasteiger charge is -2.20. The molecule has 0 amide bonds. The summed E-state index contributed by atoms with van der Waals surface area (Å²) in [7, 11) is 0. The second-order valence-electron chi connectivity index (χ2n) is 7.06. The van der Waals surface area contributed by atoms with Crippen molar-refractivity contribution in [1.29, 1.82) is 0 Å². The average molecular weight is 315 g/mol. The summed E-state index contributed by atoms with van der Waals surface area (Å²) in [6, 6.07) is 0. The summed E-state index contributed by atoms with van der Waals surface area (Å²) in [5.74, 6) is -0.917. The molecular weight excluding hydrogens is 276 g/mol. The number of carboxylic acids is 1. The van der Waals surface area contributed by atoms with Gasteiger partial charge in [-0.25, -0.2) is 0 Å². The van der Waals surface area contributed by atoms with Crippen LogP contribution in [0.1, 0.15) is 110 Å². The molecule has 0 radical (unpaired) electrons. The van der Waals surface area contributed by atoms with E-state index in [-0.39, 0.29) is 6.42 Å². The standard InChI is InChI=1S/C19H38O3/c1-3-4-5-6-7-8-9-10-11-12-13-14-15-16-19(2,22)17-18(20)21/h22H,3-17H2,1-2H3,(H,20,21). The molecule has 132 valence electrons. The quantitative estimate of drug-likeness (QED) is 0.360. The molecule has 0 aliphatic carbocycles. The fraction of sp³-hybridized carbons (Fsp3) is 0.947. The molecule has 2 N–H and O–H groups in total. The van der Waals surface area contributed by atoms with Gasteiger partial charge < -0.3 is 10.2 Å². The monoisotopic (exact) mass is 314 g/mol. The fourth-order valence-electron chi connectivity index (χ4n) is 2.94. The van der Waals surface area contributed by atoms with Crippen LogP contribution in [0.2, 0.25) is 0 Å². The third-order valence-corrected chi connectivity index (χ3v) is 4.35. The summed E-state index contributed by atoms with van der Waals surface area (Å²) in [6.45, 7) is 3.88. The molecule has 0 bridgehead atoms. The predicted octanol–water partition coefficient (Wildman–Crippen LogP) is 5.69. The third kappa shape index (κ3) is 15.8. The van der Waals surface area contributed by atoms with Crippen LogP contribution < -0.4 is 0 Å². The van der Waals surface area contributed by atoms with Crippen LogP contribution in [0.25, 0.3) is 0 Å². The first-order valence-corrected chi connectivity index (χ1v) is 9.42. The molecule has 0 aliphatic heterocycles. The minimum Gasteiger partial charge on any atom is -0.481 e. The first kappa shape index (κ1) is 21.4. The normalized spacial score (nSPS) is 14.0. The van der Waals surface area contributed by atoms with Crippen LogP contribution in [0.3, 0.4) is 0 Å². The Bertz CT molecular complexity index is 261. The van der Waals surface area contributed by atoms with Crippen LogP contribution in [0, 0.1) is 0 Å². The number of aliphatic hydroxyl groups is 1. The van der Waals surface area contributed by atoms with E-state index in [0.717, 1.165) is 12.8 Å². The van der Waals surface area contributed by atoms with Gasteiger partial charge in [0, 0.05) is 0 Å². The molecule has 0 saturated heterocycles. The maximum absolute atomic E-state index is 10.6. The number of carboxylic acid groups (broad SMARTS) is 1. The Morgan fingerprint density at radius 2 is 1.14 bits per heavy atom. The molecule has 22 heavy (non-hydrogen) atoms. The zero-order valence-electron chi connectivity index (χ0n) is 14.9. The largest absolute Gasteiger partial charge is 0.481 e. The van der Waals surface area contributed by atoms with Gasteiger partial charge in [0.1, 0.15) is 0 Å². The molecular formula is C19H38O3. The summed E-state index contributed by atoms with van der Waals surface area (Å²) >= 11 is 0. The summed E-state index contributed by atoms with van der Waals surface area (Å²) in [4.78, 5) is 10.6. The smallest absolute Gasteiger partial charge is 0.306 e. The number of rotatable bonds is 16. The van der Waals surface area contributed by atoms with E-state index in [4.69, 9.17) is 5.11 Å². The zero-order chi connectivity index (χ0) is 16.7. The molecule has 0 rings (SSSR count). The van der Waals surface area contributed by atoms with E-state index in [1.165, 1.54) is 70.6 Å². The van der Waals surface area contributed by atoms with Gasteiger partial charge in [-0.1, -0.05) is 90.4 Å². The van der Waals surface area contributed by atoms with Crippen LogP contribution in [-0.4, -0.2) is 21.8 Å². The molecule has 0 spiro atoms. The molecule has 0 aliphatic rings. The molecule has 0 saturated carbocycles. The molecule has 0 aromatic rings. The number of hydrogen-bond acceptors (Lipinski definition) is 2. The van der Waals surface area contributed by atoms with E-state index in [1.807, 2.05) is 0 Å². The van der Waals surface area contributed by atoms with Gasteiger partial charge in [-0.15, -0.1) is 0 Å². The Morgan fingerprint density at radius 3 is 1.50 bits per heavy atom. The second kappa shape index (κ2) is 14.0. The number of carbonyl (C=O) groups is 1. The van der Waals surface area contributed by atoms with Gasteiger partial charge in [-0.05, 0) is 13.3 Å². The van der Waals surface area contributed by atoms with Crippen molar-refractivity contribution in [3.8, 4) is 0 Å². The van der Waals surface area contributed by atoms with Crippen molar-refractivity contribution < 1.29 is 15.0 Å². The maximum atomic E-state index is 10.6. The minimum atomic E-state index is -1.04. The lowest BCUT2D eigenvalue weighted by molar-refractivity contribution is -0.142. The molecule has 0 heterocycles. The van der Waals surface area contributed by atoms with Crippen LogP contribution in [0.4, 0.5) is 0 Å². The Kier molecular flexibility index (Phi) is 13.7. The molecule has 1 atom stereocenters. The zero-order valence-corrected chi connectivity index (χ0v) is 14.9. The lowest BCUT2D eigenvalue weighted by atomic mass is 9.94. The molecule has 0 aromatic heterocycles. The van der Waals surface area contributed by atoms with Gasteiger partial charge in [0.2, 0.25) is 0 Å². The van der Waals surface area contributed by atoms with Crippen molar-refractivity contribution in [2.45, 2.75) is 116 Å². The van der Waals surface area contributed by atoms with Crippen molar-refractivity contribution in [2.24, 2.45) is 0 Å². The van der Waals surface area contributed by atoms with Crippen molar-refractivity contribution in [2.75, 3.05) is 0 Å². The van der Waals surface area contributed by atoms with Gasteiger partial charge in [0.05, 0.1) is 12.0 Å². The van der Waals surface area contributed by atoms with E-state index in [2.05, 4.69) is 6.92 Å². The van der Waals surface area contributed by atoms with E-state index in [0.29, 0.717) is 6.42 Å². The average Bonchev–Trinajstić information content (AvgIpc) is 2.42. The van der Waals surface area contributed by atoms with Gasteiger partial charge in [0.15, 0.2) is 0 Å². The highest BCUT2D eigenvalue weighted by Gasteiger charge is 2.23. The van der Waals surface area contributed by atoms with Crippen LogP contribution >= 0.6 is 0 Å². The predicted molar refractivity (Wildman–Crippen MR) is 93.2 cm³/mol. The van der Waals surface area contributed by atoms with E-state index in [1.54, 1.807) is 6.92 Å². The highest BCUT2D eigenvalue weighted by Crippen LogP contribution is 2.19. The van der Waals surface area contributed by atoms with Crippen LogP contribution in [0.5, 0.6) is 0 Å². The highest BCUT2D eigenvalue weighted by atomic mass is 16.4. The summed E-state index contributed by atoms with van der Waals surface area (Å²) in [5, 5.41) is 18.6. The fourth-order valence-corrected chi connectivity index (χ4v) is 2.94. The van der Waals surface area contributed by atoms with Crippen LogP contribution in [-0.2, 0) is 4.79 Å². The Labute approximate surface area is 137 Å². The first-order valence-electron chi connectivity index (χ1n) is 9.42. The number of aliphatic carboxylic acids is 1. The highest BCUT2D eigenvalue weighted by molar-refractivity contribution is 5.67. The van der Waals surface area contributed by atoms with Crippen molar-refractivity contribution in [3.05, 3.63) is 0 Å². The van der Waals surface area contributed by atoms with Gasteiger partial charge in [-0.2, -0.15) is 0 Å². The van der Waals surface area contributed by atoms with E-state index < -0.39 is 11.6 Å². The summed E-state index contributed by atoms with van der Waals surface area (Å²) in [5.41, 5.74) is -1.04. The van der Waals surface area contributed by atoms with Crippen molar-refractivity contribution in [1.82, 2.24) is 0 Å². The number of unbranched alkanes of at least 4 members (excludes halogenated alkanes) is 12. The van der Waals surface area contributed by atoms with Crippen LogP contribution in [0.15, 0.2) is 0 Å². The van der Waals surface area contributed by atoms with E-state index >= 15 is 0 Å². The maximum Gasteiger partial charge on any atom is 0.306 e. The molecule has 0 fully saturated rings. The van der Waals surface area contributed by atoms with Crippen molar-refractivity contribution in [3.63, 3.8) is 0 Å². The Balaban J connectivity index is 3.22. The Hall–Kier alpha value is -0.570. The molecule has 3 heteroatoms. The second-order valence-corrected chi connectivity index (χ2v) is 7.06. The SMILES string of the molecule is CCCCCCCCCCCCCCCC(C)(O)CC(=O)O. The lowest BCUT2D eigenvalue weighted by Crippen LogP contribution is -2.27. The summed E-state index contributed by atoms with van der Waals surface area (Å²) < 4.78 is 0. The minimum absolute atomic E-state index is 0.148.